The lowest BCUT2D eigenvalue weighted by Gasteiger charge is -2.09. The van der Waals surface area contributed by atoms with Crippen molar-refractivity contribution in [3.63, 3.8) is 0 Å². The fourth-order valence-corrected chi connectivity index (χ4v) is 3.29. The summed E-state index contributed by atoms with van der Waals surface area (Å²) in [6.07, 6.45) is 1.49. The minimum Gasteiger partial charge on any atom is -0.489 e. The number of nitrogens with one attached hydrogen (secondary N) is 1. The van der Waals surface area contributed by atoms with Crippen LogP contribution in [0.2, 0.25) is 0 Å². The number of ether oxygens (including phenoxy) is 1. The Kier molecular flexibility index (Phi) is 6.24. The van der Waals surface area contributed by atoms with E-state index in [1.165, 1.54) is 30.3 Å². The normalized spacial score (nSPS) is 11.1. The number of fused-ring (bicyclic) bond motifs is 1. The number of hydrogen-bond donors (Lipinski definition) is 1. The zero-order valence-electron chi connectivity index (χ0n) is 17.1. The van der Waals surface area contributed by atoms with Crippen LogP contribution in [0.1, 0.15) is 11.1 Å². The third-order valence-electron chi connectivity index (χ3n) is 4.93. The van der Waals surface area contributed by atoms with E-state index in [1.807, 2.05) is 30.3 Å². The Morgan fingerprint density at radius 2 is 1.66 bits per heavy atom. The highest BCUT2D eigenvalue weighted by atomic mass is 19.1. The number of halogens is 1. The van der Waals surface area contributed by atoms with Gasteiger partial charge in [0, 0.05) is 5.69 Å². The van der Waals surface area contributed by atoms with Gasteiger partial charge in [-0.1, -0.05) is 54.6 Å². The molecule has 0 aliphatic carbocycles. The van der Waals surface area contributed by atoms with Gasteiger partial charge in [-0.3, -0.25) is 4.79 Å². The van der Waals surface area contributed by atoms with E-state index >= 15 is 0 Å². The number of anilines is 1. The molecule has 0 unspecified atom stereocenters. The van der Waals surface area contributed by atoms with E-state index in [-0.39, 0.29) is 5.57 Å². The monoisotopic (exact) mass is 422 g/mol. The van der Waals surface area contributed by atoms with Crippen LogP contribution in [0.4, 0.5) is 10.1 Å². The van der Waals surface area contributed by atoms with Gasteiger partial charge >= 0.3 is 0 Å². The first-order valence-corrected chi connectivity index (χ1v) is 10.0. The van der Waals surface area contributed by atoms with E-state index in [2.05, 4.69) is 23.5 Å². The van der Waals surface area contributed by atoms with Crippen LogP contribution in [0.3, 0.4) is 0 Å². The van der Waals surface area contributed by atoms with Crippen LogP contribution in [-0.2, 0) is 11.4 Å². The van der Waals surface area contributed by atoms with Gasteiger partial charge in [0.1, 0.15) is 29.8 Å². The molecular formula is C27H19FN2O2. The lowest BCUT2D eigenvalue weighted by Crippen LogP contribution is -2.13. The molecule has 0 saturated carbocycles. The van der Waals surface area contributed by atoms with Crippen molar-refractivity contribution in [1.29, 1.82) is 5.26 Å². The van der Waals surface area contributed by atoms with Gasteiger partial charge in [0.05, 0.1) is 0 Å². The molecule has 0 bridgehead atoms. The molecule has 156 valence electrons. The summed E-state index contributed by atoms with van der Waals surface area (Å²) in [4.78, 5) is 12.3. The van der Waals surface area contributed by atoms with Crippen molar-refractivity contribution in [2.24, 2.45) is 0 Å². The highest BCUT2D eigenvalue weighted by molar-refractivity contribution is 6.09. The molecule has 0 aliphatic rings. The molecule has 0 aromatic heterocycles. The Morgan fingerprint density at radius 3 is 2.41 bits per heavy atom. The predicted molar refractivity (Wildman–Crippen MR) is 123 cm³/mol. The number of nitriles is 1. The molecule has 4 nitrogen and oxygen atoms in total. The smallest absolute Gasteiger partial charge is 0.266 e. The van der Waals surface area contributed by atoms with Crippen molar-refractivity contribution in [2.45, 2.75) is 6.61 Å². The Balaban J connectivity index is 1.43. The van der Waals surface area contributed by atoms with E-state index in [0.717, 1.165) is 16.3 Å². The summed E-state index contributed by atoms with van der Waals surface area (Å²) in [5.41, 5.74) is 2.14. The standard InChI is InChI=1S/C27H19FN2O2/c28-23-10-12-24(13-11-23)30-27(31)22(17-29)16-19-8-14-25(15-9-19)32-18-21-6-3-5-20-4-1-2-7-26(20)21/h1-16H,18H2,(H,30,31)/b22-16+. The number of benzene rings is 4. The van der Waals surface area contributed by atoms with Crippen molar-refractivity contribution in [2.75, 3.05) is 5.32 Å². The largest absolute Gasteiger partial charge is 0.489 e. The van der Waals surface area contributed by atoms with Crippen LogP contribution in [-0.4, -0.2) is 5.91 Å². The average molecular weight is 422 g/mol. The maximum atomic E-state index is 13.0. The number of rotatable bonds is 6. The van der Waals surface area contributed by atoms with Gasteiger partial charge < -0.3 is 10.1 Å². The summed E-state index contributed by atoms with van der Waals surface area (Å²) < 4.78 is 18.9. The average Bonchev–Trinajstić information content (AvgIpc) is 2.83. The molecule has 0 atom stereocenters. The molecule has 4 rings (SSSR count). The van der Waals surface area contributed by atoms with Gasteiger partial charge in [0.2, 0.25) is 0 Å². The zero-order valence-corrected chi connectivity index (χ0v) is 17.1. The van der Waals surface area contributed by atoms with Crippen molar-refractivity contribution >= 4 is 28.4 Å². The Bertz CT molecular complexity index is 1320. The minimum atomic E-state index is -0.560. The van der Waals surface area contributed by atoms with Crippen LogP contribution in [0.25, 0.3) is 16.8 Å². The molecule has 0 saturated heterocycles. The van der Waals surface area contributed by atoms with E-state index in [1.54, 1.807) is 24.3 Å². The number of carbonyl (C=O) groups is 1. The second-order valence-electron chi connectivity index (χ2n) is 7.13. The predicted octanol–water partition coefficient (Wildman–Crippen LogP) is 6.10. The molecule has 1 N–H and O–H groups in total. The maximum Gasteiger partial charge on any atom is 0.266 e. The summed E-state index contributed by atoms with van der Waals surface area (Å²) in [6.45, 7) is 0.431. The van der Waals surface area contributed by atoms with Gasteiger partial charge in [0.15, 0.2) is 0 Å². The molecule has 32 heavy (non-hydrogen) atoms. The first kappa shape index (κ1) is 20.8. The summed E-state index contributed by atoms with van der Waals surface area (Å²) >= 11 is 0. The molecule has 5 heteroatoms. The number of hydrogen-bond acceptors (Lipinski definition) is 3. The third kappa shape index (κ3) is 5.00. The molecule has 0 spiro atoms. The molecule has 1 amide bonds. The molecule has 0 heterocycles. The molecular weight excluding hydrogens is 403 g/mol. The van der Waals surface area contributed by atoms with Crippen LogP contribution in [0.15, 0.2) is 96.6 Å². The zero-order chi connectivity index (χ0) is 22.3. The van der Waals surface area contributed by atoms with Crippen molar-refractivity contribution in [3.8, 4) is 11.8 Å². The molecule has 4 aromatic rings. The molecule has 0 radical (unpaired) electrons. The molecule has 0 fully saturated rings. The van der Waals surface area contributed by atoms with Gasteiger partial charge in [0.25, 0.3) is 5.91 Å². The lowest BCUT2D eigenvalue weighted by molar-refractivity contribution is -0.112. The van der Waals surface area contributed by atoms with Crippen LogP contribution in [0.5, 0.6) is 5.75 Å². The van der Waals surface area contributed by atoms with Crippen molar-refractivity contribution in [3.05, 3.63) is 114 Å². The third-order valence-corrected chi connectivity index (χ3v) is 4.93. The fraction of sp³-hybridized carbons (Fsp3) is 0.0370. The van der Waals surface area contributed by atoms with Gasteiger partial charge in [-0.05, 0) is 64.4 Å². The van der Waals surface area contributed by atoms with Crippen LogP contribution < -0.4 is 10.1 Å². The van der Waals surface area contributed by atoms with Crippen molar-refractivity contribution < 1.29 is 13.9 Å². The van der Waals surface area contributed by atoms with Gasteiger partial charge in [-0.15, -0.1) is 0 Å². The van der Waals surface area contributed by atoms with Crippen molar-refractivity contribution in [1.82, 2.24) is 0 Å². The number of amides is 1. The van der Waals surface area contributed by atoms with Gasteiger partial charge in [-0.2, -0.15) is 5.26 Å². The second-order valence-corrected chi connectivity index (χ2v) is 7.13. The quantitative estimate of drug-likeness (QED) is 0.301. The summed E-state index contributed by atoms with van der Waals surface area (Å²) in [5.74, 6) is -0.276. The van der Waals surface area contributed by atoms with E-state index in [0.29, 0.717) is 23.6 Å². The Morgan fingerprint density at radius 1 is 0.938 bits per heavy atom. The Hall–Kier alpha value is -4.43. The molecule has 0 aliphatic heterocycles. The van der Waals surface area contributed by atoms with Crippen LogP contribution in [0, 0.1) is 17.1 Å². The second kappa shape index (κ2) is 9.59. The topological polar surface area (TPSA) is 62.1 Å². The first-order chi connectivity index (χ1) is 15.6. The lowest BCUT2D eigenvalue weighted by atomic mass is 10.1. The minimum absolute atomic E-state index is 0.0567. The number of carbonyl (C=O) groups excluding carboxylic acids is 1. The molecule has 4 aromatic carbocycles. The summed E-state index contributed by atoms with van der Waals surface area (Å²) in [7, 11) is 0. The van der Waals surface area contributed by atoms with Crippen LogP contribution >= 0.6 is 0 Å². The highest BCUT2D eigenvalue weighted by Crippen LogP contribution is 2.21. The maximum absolute atomic E-state index is 13.0. The number of nitrogens with zero attached hydrogens (tertiary/aromatic N) is 1. The van der Waals surface area contributed by atoms with Gasteiger partial charge in [-0.25, -0.2) is 4.39 Å². The highest BCUT2D eigenvalue weighted by Gasteiger charge is 2.10. The summed E-state index contributed by atoms with van der Waals surface area (Å²) in [5, 5.41) is 14.3. The van der Waals surface area contributed by atoms with E-state index in [9.17, 15) is 14.4 Å². The fourth-order valence-electron chi connectivity index (χ4n) is 3.29. The SMILES string of the molecule is N#C/C(=C\c1ccc(OCc2cccc3ccccc23)cc1)C(=O)Nc1ccc(F)cc1. The van der Waals surface area contributed by atoms with E-state index in [4.69, 9.17) is 4.74 Å². The first-order valence-electron chi connectivity index (χ1n) is 10.0. The Labute approximate surface area is 185 Å². The van der Waals surface area contributed by atoms with E-state index < -0.39 is 11.7 Å². The summed E-state index contributed by atoms with van der Waals surface area (Å²) in [6, 6.07) is 28.7.